The van der Waals surface area contributed by atoms with Crippen LogP contribution in [0.15, 0.2) is 24.3 Å². The lowest BCUT2D eigenvalue weighted by Gasteiger charge is -2.40. The van der Waals surface area contributed by atoms with Gasteiger partial charge in [0.05, 0.1) is 25.5 Å². The Labute approximate surface area is 96.5 Å². The molecule has 16 heavy (non-hydrogen) atoms. The van der Waals surface area contributed by atoms with Gasteiger partial charge in [0.2, 0.25) is 0 Å². The fourth-order valence-electron chi connectivity index (χ4n) is 1.91. The third-order valence-corrected chi connectivity index (χ3v) is 3.38. The number of rotatable bonds is 5. The summed E-state index contributed by atoms with van der Waals surface area (Å²) < 4.78 is 11.0. The van der Waals surface area contributed by atoms with Crippen LogP contribution in [0.4, 0.5) is 5.69 Å². The summed E-state index contributed by atoms with van der Waals surface area (Å²) in [6.45, 7) is 4.67. The van der Waals surface area contributed by atoms with E-state index in [1.807, 2.05) is 24.3 Å². The quantitative estimate of drug-likeness (QED) is 0.777. The van der Waals surface area contributed by atoms with Gasteiger partial charge >= 0.3 is 0 Å². The Balaban J connectivity index is 1.82. The molecule has 0 aromatic heterocycles. The van der Waals surface area contributed by atoms with Gasteiger partial charge in [0.15, 0.2) is 0 Å². The highest BCUT2D eigenvalue weighted by Crippen LogP contribution is 2.35. The van der Waals surface area contributed by atoms with E-state index in [-0.39, 0.29) is 0 Å². The first-order valence-electron chi connectivity index (χ1n) is 5.81. The molecule has 0 unspecified atom stereocenters. The zero-order valence-electron chi connectivity index (χ0n) is 9.74. The number of nitrogen functional groups attached to an aromatic ring is 1. The molecule has 0 amide bonds. The molecular weight excluding hydrogens is 202 g/mol. The van der Waals surface area contributed by atoms with Gasteiger partial charge in [0.1, 0.15) is 5.75 Å². The first-order valence-corrected chi connectivity index (χ1v) is 5.81. The SMILES string of the molecule is CCC1(CCOc2ccccc2N)COC1. The van der Waals surface area contributed by atoms with Gasteiger partial charge in [0, 0.05) is 5.41 Å². The highest BCUT2D eigenvalue weighted by Gasteiger charge is 2.36. The smallest absolute Gasteiger partial charge is 0.142 e. The molecule has 3 nitrogen and oxygen atoms in total. The minimum atomic E-state index is 0.351. The monoisotopic (exact) mass is 221 g/mol. The van der Waals surface area contributed by atoms with E-state index in [4.69, 9.17) is 15.2 Å². The molecule has 0 atom stereocenters. The van der Waals surface area contributed by atoms with E-state index in [0.717, 1.165) is 31.8 Å². The normalized spacial score (nSPS) is 17.8. The molecule has 88 valence electrons. The van der Waals surface area contributed by atoms with Crippen LogP contribution in [-0.2, 0) is 4.74 Å². The van der Waals surface area contributed by atoms with Crippen LogP contribution in [0.5, 0.6) is 5.75 Å². The van der Waals surface area contributed by atoms with Crippen molar-refractivity contribution in [1.82, 2.24) is 0 Å². The van der Waals surface area contributed by atoms with Crippen molar-refractivity contribution in [2.24, 2.45) is 5.41 Å². The van der Waals surface area contributed by atoms with Crippen molar-refractivity contribution in [3.05, 3.63) is 24.3 Å². The Kier molecular flexibility index (Phi) is 3.34. The number of hydrogen-bond donors (Lipinski definition) is 1. The molecule has 1 heterocycles. The Bertz CT molecular complexity index is 342. The average molecular weight is 221 g/mol. The number of para-hydroxylation sites is 2. The number of ether oxygens (including phenoxy) is 2. The maximum atomic E-state index is 5.80. The Morgan fingerprint density at radius 3 is 2.69 bits per heavy atom. The molecule has 1 aromatic carbocycles. The number of hydrogen-bond acceptors (Lipinski definition) is 3. The Hall–Kier alpha value is -1.22. The van der Waals surface area contributed by atoms with Crippen LogP contribution < -0.4 is 10.5 Å². The van der Waals surface area contributed by atoms with Gasteiger partial charge in [-0.25, -0.2) is 0 Å². The molecule has 3 heteroatoms. The summed E-state index contributed by atoms with van der Waals surface area (Å²) in [5.41, 5.74) is 6.86. The summed E-state index contributed by atoms with van der Waals surface area (Å²) in [5, 5.41) is 0. The highest BCUT2D eigenvalue weighted by molar-refractivity contribution is 5.51. The fraction of sp³-hybridized carbons (Fsp3) is 0.538. The van der Waals surface area contributed by atoms with Crippen molar-refractivity contribution in [3.63, 3.8) is 0 Å². The maximum absolute atomic E-state index is 5.80. The molecule has 0 bridgehead atoms. The minimum Gasteiger partial charge on any atom is -0.491 e. The van der Waals surface area contributed by atoms with Gasteiger partial charge in [-0.3, -0.25) is 0 Å². The summed E-state index contributed by atoms with van der Waals surface area (Å²) in [6, 6.07) is 7.62. The van der Waals surface area contributed by atoms with E-state index in [2.05, 4.69) is 6.92 Å². The standard InChI is InChI=1S/C13H19NO2/c1-2-13(9-15-10-13)7-8-16-12-6-4-3-5-11(12)14/h3-6H,2,7-10,14H2,1H3. The topological polar surface area (TPSA) is 44.5 Å². The van der Waals surface area contributed by atoms with Crippen LogP contribution in [0.1, 0.15) is 19.8 Å². The summed E-state index contributed by atoms with van der Waals surface area (Å²) in [5.74, 6) is 0.786. The van der Waals surface area contributed by atoms with E-state index < -0.39 is 0 Å². The van der Waals surface area contributed by atoms with Crippen LogP contribution in [0, 0.1) is 5.41 Å². The van der Waals surface area contributed by atoms with Crippen molar-refractivity contribution in [2.75, 3.05) is 25.6 Å². The van der Waals surface area contributed by atoms with Crippen LogP contribution in [0.3, 0.4) is 0 Å². The zero-order chi connectivity index (χ0) is 11.4. The molecule has 1 aliphatic heterocycles. The molecule has 0 spiro atoms. The van der Waals surface area contributed by atoms with Gasteiger partial charge < -0.3 is 15.2 Å². The van der Waals surface area contributed by atoms with Gasteiger partial charge in [-0.2, -0.15) is 0 Å². The molecule has 2 rings (SSSR count). The van der Waals surface area contributed by atoms with Gasteiger partial charge in [-0.15, -0.1) is 0 Å². The third kappa shape index (κ3) is 2.30. The van der Waals surface area contributed by atoms with Gasteiger partial charge in [-0.05, 0) is 25.0 Å². The van der Waals surface area contributed by atoms with Crippen LogP contribution >= 0.6 is 0 Å². The molecule has 0 saturated carbocycles. The van der Waals surface area contributed by atoms with Crippen molar-refractivity contribution < 1.29 is 9.47 Å². The third-order valence-electron chi connectivity index (χ3n) is 3.38. The lowest BCUT2D eigenvalue weighted by atomic mass is 9.80. The molecule has 1 fully saturated rings. The van der Waals surface area contributed by atoms with E-state index in [9.17, 15) is 0 Å². The van der Waals surface area contributed by atoms with Crippen LogP contribution in [-0.4, -0.2) is 19.8 Å². The molecule has 1 aromatic rings. The van der Waals surface area contributed by atoms with E-state index >= 15 is 0 Å². The van der Waals surface area contributed by atoms with Crippen molar-refractivity contribution in [2.45, 2.75) is 19.8 Å². The number of benzene rings is 1. The predicted molar refractivity (Wildman–Crippen MR) is 64.5 cm³/mol. The Morgan fingerprint density at radius 1 is 1.38 bits per heavy atom. The van der Waals surface area contributed by atoms with E-state index in [1.54, 1.807) is 0 Å². The predicted octanol–water partition coefficient (Wildman–Crippen LogP) is 2.46. The average Bonchev–Trinajstić information content (AvgIpc) is 2.25. The van der Waals surface area contributed by atoms with E-state index in [1.165, 1.54) is 0 Å². The first-order chi connectivity index (χ1) is 7.76. The van der Waals surface area contributed by atoms with Crippen molar-refractivity contribution in [3.8, 4) is 5.75 Å². The Morgan fingerprint density at radius 2 is 2.12 bits per heavy atom. The zero-order valence-corrected chi connectivity index (χ0v) is 9.74. The second-order valence-electron chi connectivity index (χ2n) is 4.48. The summed E-state index contributed by atoms with van der Waals surface area (Å²) in [7, 11) is 0. The van der Waals surface area contributed by atoms with Crippen LogP contribution in [0.25, 0.3) is 0 Å². The minimum absolute atomic E-state index is 0.351. The molecule has 2 N–H and O–H groups in total. The molecule has 1 saturated heterocycles. The van der Waals surface area contributed by atoms with Gasteiger partial charge in [0.25, 0.3) is 0 Å². The van der Waals surface area contributed by atoms with Gasteiger partial charge in [-0.1, -0.05) is 19.1 Å². The van der Waals surface area contributed by atoms with Crippen LogP contribution in [0.2, 0.25) is 0 Å². The second-order valence-corrected chi connectivity index (χ2v) is 4.48. The molecule has 1 aliphatic rings. The largest absolute Gasteiger partial charge is 0.491 e. The molecule has 0 aliphatic carbocycles. The lowest BCUT2D eigenvalue weighted by molar-refractivity contribution is -0.123. The highest BCUT2D eigenvalue weighted by atomic mass is 16.5. The first kappa shape index (κ1) is 11.3. The van der Waals surface area contributed by atoms with Crippen molar-refractivity contribution in [1.29, 1.82) is 0 Å². The summed E-state index contributed by atoms with van der Waals surface area (Å²) in [4.78, 5) is 0. The second kappa shape index (κ2) is 4.74. The summed E-state index contributed by atoms with van der Waals surface area (Å²) in [6.07, 6.45) is 2.19. The van der Waals surface area contributed by atoms with Crippen molar-refractivity contribution >= 4 is 5.69 Å². The number of anilines is 1. The lowest BCUT2D eigenvalue weighted by Crippen LogP contribution is -2.43. The van der Waals surface area contributed by atoms with E-state index in [0.29, 0.717) is 17.7 Å². The maximum Gasteiger partial charge on any atom is 0.142 e. The number of nitrogens with two attached hydrogens (primary N) is 1. The molecule has 0 radical (unpaired) electrons. The fourth-order valence-corrected chi connectivity index (χ4v) is 1.91. The molecular formula is C13H19NO2. The summed E-state index contributed by atoms with van der Waals surface area (Å²) >= 11 is 0.